The molecule has 0 N–H and O–H groups in total. The number of rotatable bonds is 5. The summed E-state index contributed by atoms with van der Waals surface area (Å²) in [5, 5.41) is 0. The van der Waals surface area contributed by atoms with Crippen molar-refractivity contribution < 1.29 is 17.9 Å². The first-order chi connectivity index (χ1) is 7.98. The highest BCUT2D eigenvalue weighted by Crippen LogP contribution is 2.11. The molecule has 0 aromatic rings. The van der Waals surface area contributed by atoms with Crippen molar-refractivity contribution in [3.63, 3.8) is 0 Å². The van der Waals surface area contributed by atoms with Gasteiger partial charge in [-0.05, 0) is 6.42 Å². The highest BCUT2D eigenvalue weighted by atomic mass is 32.2. The lowest BCUT2D eigenvalue weighted by atomic mass is 10.3. The van der Waals surface area contributed by atoms with E-state index in [1.807, 2.05) is 12.2 Å². The average molecular weight is 262 g/mol. The van der Waals surface area contributed by atoms with Gasteiger partial charge in [0.05, 0.1) is 13.5 Å². The van der Waals surface area contributed by atoms with Crippen molar-refractivity contribution in [2.75, 3.05) is 33.8 Å². The molecule has 7 heteroatoms. The summed E-state index contributed by atoms with van der Waals surface area (Å²) in [6.45, 7) is 1.02. The first-order valence-corrected chi connectivity index (χ1v) is 6.81. The Labute approximate surface area is 102 Å². The van der Waals surface area contributed by atoms with Gasteiger partial charge in [-0.25, -0.2) is 0 Å². The third kappa shape index (κ3) is 3.79. The molecule has 0 atom stereocenters. The zero-order chi connectivity index (χ0) is 12.9. The molecular formula is C10H18N2O4S. The fraction of sp³-hybridized carbons (Fsp3) is 0.700. The Kier molecular flexibility index (Phi) is 5.10. The number of ether oxygens (including phenoxy) is 1. The van der Waals surface area contributed by atoms with E-state index in [2.05, 4.69) is 4.74 Å². The third-order valence-corrected chi connectivity index (χ3v) is 4.55. The maximum absolute atomic E-state index is 12.1. The second-order valence-electron chi connectivity index (χ2n) is 3.77. The second kappa shape index (κ2) is 6.13. The minimum atomic E-state index is -3.46. The maximum Gasteiger partial charge on any atom is 0.306 e. The van der Waals surface area contributed by atoms with E-state index in [9.17, 15) is 13.2 Å². The fourth-order valence-corrected chi connectivity index (χ4v) is 2.82. The summed E-state index contributed by atoms with van der Waals surface area (Å²) in [5.74, 6) is -0.411. The van der Waals surface area contributed by atoms with Gasteiger partial charge in [0, 0.05) is 26.7 Å². The lowest BCUT2D eigenvalue weighted by Crippen LogP contribution is -2.44. The summed E-state index contributed by atoms with van der Waals surface area (Å²) in [4.78, 5) is 11.0. The summed E-state index contributed by atoms with van der Waals surface area (Å²) < 4.78 is 31.2. The van der Waals surface area contributed by atoms with Crippen LogP contribution in [-0.2, 0) is 19.7 Å². The zero-order valence-electron chi connectivity index (χ0n) is 10.1. The van der Waals surface area contributed by atoms with Crippen molar-refractivity contribution in [2.24, 2.45) is 0 Å². The van der Waals surface area contributed by atoms with Gasteiger partial charge < -0.3 is 4.74 Å². The normalized spacial score (nSPS) is 17.4. The van der Waals surface area contributed by atoms with Crippen LogP contribution in [0.15, 0.2) is 12.2 Å². The quantitative estimate of drug-likeness (QED) is 0.516. The van der Waals surface area contributed by atoms with Crippen molar-refractivity contribution in [3.8, 4) is 0 Å². The molecule has 0 saturated heterocycles. The molecular weight excluding hydrogens is 244 g/mol. The Morgan fingerprint density at radius 2 is 2.18 bits per heavy atom. The van der Waals surface area contributed by atoms with Gasteiger partial charge in [-0.2, -0.15) is 17.0 Å². The van der Waals surface area contributed by atoms with E-state index in [-0.39, 0.29) is 13.0 Å². The number of nitrogens with zero attached hydrogens (tertiary/aromatic N) is 2. The van der Waals surface area contributed by atoms with Crippen LogP contribution >= 0.6 is 0 Å². The lowest BCUT2D eigenvalue weighted by molar-refractivity contribution is -0.140. The number of methoxy groups -OCH3 is 1. The molecule has 6 nitrogen and oxygen atoms in total. The van der Waals surface area contributed by atoms with Gasteiger partial charge in [0.2, 0.25) is 0 Å². The van der Waals surface area contributed by atoms with Crippen molar-refractivity contribution in [3.05, 3.63) is 12.2 Å². The smallest absolute Gasteiger partial charge is 0.306 e. The highest BCUT2D eigenvalue weighted by Gasteiger charge is 2.26. The molecule has 0 fully saturated rings. The molecule has 1 aliphatic rings. The molecule has 0 aromatic heterocycles. The van der Waals surface area contributed by atoms with Crippen LogP contribution in [-0.4, -0.2) is 56.8 Å². The minimum absolute atomic E-state index is 0.0654. The largest absolute Gasteiger partial charge is 0.469 e. The van der Waals surface area contributed by atoms with Crippen LogP contribution in [0.25, 0.3) is 0 Å². The molecule has 0 radical (unpaired) electrons. The Morgan fingerprint density at radius 1 is 1.47 bits per heavy atom. The minimum Gasteiger partial charge on any atom is -0.469 e. The molecule has 0 saturated carbocycles. The monoisotopic (exact) mass is 262 g/mol. The Hall–Kier alpha value is -0.920. The summed E-state index contributed by atoms with van der Waals surface area (Å²) in [5.41, 5.74) is 0. The van der Waals surface area contributed by atoms with Crippen LogP contribution in [0.5, 0.6) is 0 Å². The summed E-state index contributed by atoms with van der Waals surface area (Å²) >= 11 is 0. The van der Waals surface area contributed by atoms with Gasteiger partial charge in [0.25, 0.3) is 10.2 Å². The Balaban J connectivity index is 2.57. The SMILES string of the molecule is COC(=O)CCN(C)S(=O)(=O)N1CC=CCC1. The molecule has 0 amide bonds. The second-order valence-corrected chi connectivity index (χ2v) is 5.81. The third-order valence-electron chi connectivity index (χ3n) is 2.60. The predicted molar refractivity (Wildman–Crippen MR) is 63.5 cm³/mol. The Morgan fingerprint density at radius 3 is 2.71 bits per heavy atom. The van der Waals surface area contributed by atoms with Crippen LogP contribution in [0, 0.1) is 0 Å². The number of carbonyl (C=O) groups is 1. The van der Waals surface area contributed by atoms with E-state index in [1.54, 1.807) is 0 Å². The van der Waals surface area contributed by atoms with Gasteiger partial charge in [0.1, 0.15) is 0 Å². The molecule has 0 aliphatic carbocycles. The number of carbonyl (C=O) groups excluding carboxylic acids is 1. The number of hydrogen-bond acceptors (Lipinski definition) is 4. The van der Waals surface area contributed by atoms with Gasteiger partial charge >= 0.3 is 5.97 Å². The van der Waals surface area contributed by atoms with E-state index in [0.29, 0.717) is 13.1 Å². The van der Waals surface area contributed by atoms with Crippen molar-refractivity contribution in [2.45, 2.75) is 12.8 Å². The maximum atomic E-state index is 12.1. The van der Waals surface area contributed by atoms with E-state index in [0.717, 1.165) is 6.42 Å². The van der Waals surface area contributed by atoms with Crippen LogP contribution in [0.2, 0.25) is 0 Å². The highest BCUT2D eigenvalue weighted by molar-refractivity contribution is 7.86. The van der Waals surface area contributed by atoms with E-state index in [4.69, 9.17) is 0 Å². The van der Waals surface area contributed by atoms with Crippen molar-refractivity contribution in [1.82, 2.24) is 8.61 Å². The first kappa shape index (κ1) is 14.1. The zero-order valence-corrected chi connectivity index (χ0v) is 10.9. The van der Waals surface area contributed by atoms with Gasteiger partial charge in [0.15, 0.2) is 0 Å². The van der Waals surface area contributed by atoms with Gasteiger partial charge in [-0.1, -0.05) is 12.2 Å². The van der Waals surface area contributed by atoms with Crippen LogP contribution in [0.1, 0.15) is 12.8 Å². The van der Waals surface area contributed by atoms with Crippen molar-refractivity contribution >= 4 is 16.2 Å². The van der Waals surface area contributed by atoms with Crippen LogP contribution in [0.3, 0.4) is 0 Å². The lowest BCUT2D eigenvalue weighted by Gasteiger charge is -2.27. The van der Waals surface area contributed by atoms with Gasteiger partial charge in [-0.15, -0.1) is 0 Å². The van der Waals surface area contributed by atoms with E-state index < -0.39 is 16.2 Å². The average Bonchev–Trinajstić information content (AvgIpc) is 2.36. The van der Waals surface area contributed by atoms with Crippen molar-refractivity contribution in [1.29, 1.82) is 0 Å². The van der Waals surface area contributed by atoms with E-state index in [1.165, 1.54) is 22.8 Å². The number of hydrogen-bond donors (Lipinski definition) is 0. The standard InChI is InChI=1S/C10H18N2O4S/c1-11(9-6-10(13)16-2)17(14,15)12-7-4-3-5-8-12/h3-4H,5-9H2,1-2H3. The molecule has 0 unspecified atom stereocenters. The predicted octanol–water partition coefficient (Wildman–Crippen LogP) is -0.0120. The first-order valence-electron chi connectivity index (χ1n) is 5.41. The fourth-order valence-electron chi connectivity index (χ4n) is 1.49. The molecule has 98 valence electrons. The summed E-state index contributed by atoms with van der Waals surface area (Å²) in [7, 11) is -0.705. The van der Waals surface area contributed by atoms with Gasteiger partial charge in [-0.3, -0.25) is 4.79 Å². The molecule has 1 rings (SSSR count). The Bertz CT molecular complexity index is 391. The summed E-state index contributed by atoms with van der Waals surface area (Å²) in [6, 6.07) is 0. The van der Waals surface area contributed by atoms with Crippen LogP contribution < -0.4 is 0 Å². The molecule has 0 bridgehead atoms. The molecule has 0 spiro atoms. The molecule has 1 aliphatic heterocycles. The molecule has 1 heterocycles. The molecule has 0 aromatic carbocycles. The topological polar surface area (TPSA) is 66.9 Å². The van der Waals surface area contributed by atoms with E-state index >= 15 is 0 Å². The molecule has 17 heavy (non-hydrogen) atoms. The van der Waals surface area contributed by atoms with Crippen LogP contribution in [0.4, 0.5) is 0 Å². The number of esters is 1. The summed E-state index contributed by atoms with van der Waals surface area (Å²) in [6.07, 6.45) is 4.58.